The summed E-state index contributed by atoms with van der Waals surface area (Å²) >= 11 is 1.07. The highest BCUT2D eigenvalue weighted by atomic mass is 32.2. The first-order valence-electron chi connectivity index (χ1n) is 8.10. The minimum absolute atomic E-state index is 0.176. The predicted octanol–water partition coefficient (Wildman–Crippen LogP) is 3.76. The van der Waals surface area contributed by atoms with Crippen molar-refractivity contribution in [2.24, 2.45) is 0 Å². The molecular weight excluding hydrogens is 427 g/mol. The molecule has 3 aromatic rings. The lowest BCUT2D eigenvalue weighted by molar-refractivity contribution is -0.137. The van der Waals surface area contributed by atoms with Gasteiger partial charge in [0.25, 0.3) is 15.9 Å². The third kappa shape index (κ3) is 4.81. The summed E-state index contributed by atoms with van der Waals surface area (Å²) in [6, 6.07) is 12.3. The number of halogens is 3. The molecule has 0 saturated carbocycles. The Hall–Kier alpha value is -2.76. The van der Waals surface area contributed by atoms with Crippen molar-refractivity contribution in [3.63, 3.8) is 0 Å². The van der Waals surface area contributed by atoms with Crippen molar-refractivity contribution in [3.05, 3.63) is 70.7 Å². The Labute approximate surface area is 168 Å². The van der Waals surface area contributed by atoms with Crippen molar-refractivity contribution < 1.29 is 26.4 Å². The maximum Gasteiger partial charge on any atom is 0.416 e. The van der Waals surface area contributed by atoms with E-state index in [4.69, 9.17) is 0 Å². The molecule has 0 aliphatic rings. The standard InChI is InChI=1S/C18H14F3N3O3S2/c1-11-15(28-17(22-11)12-6-3-2-4-7-12)16(25)23-24-29(26,27)14-9-5-8-13(10-14)18(19,20)21/h2-10,24H,1H3,(H,23,25). The van der Waals surface area contributed by atoms with Gasteiger partial charge in [0.05, 0.1) is 16.2 Å². The minimum Gasteiger partial charge on any atom is -0.273 e. The van der Waals surface area contributed by atoms with Gasteiger partial charge in [-0.1, -0.05) is 36.4 Å². The van der Waals surface area contributed by atoms with Gasteiger partial charge in [0.2, 0.25) is 0 Å². The number of carbonyl (C=O) groups excluding carboxylic acids is 1. The summed E-state index contributed by atoms with van der Waals surface area (Å²) in [5.74, 6) is -0.766. The van der Waals surface area contributed by atoms with Gasteiger partial charge in [0, 0.05) is 5.56 Å². The van der Waals surface area contributed by atoms with Gasteiger partial charge in [-0.3, -0.25) is 10.2 Å². The summed E-state index contributed by atoms with van der Waals surface area (Å²) < 4.78 is 62.9. The first-order chi connectivity index (χ1) is 13.6. The molecule has 2 N–H and O–H groups in total. The largest absolute Gasteiger partial charge is 0.416 e. The fourth-order valence-electron chi connectivity index (χ4n) is 2.38. The van der Waals surface area contributed by atoms with Crippen molar-refractivity contribution in [2.45, 2.75) is 18.0 Å². The van der Waals surface area contributed by atoms with Crippen LogP contribution in [0.15, 0.2) is 59.5 Å². The number of nitrogens with one attached hydrogen (secondary N) is 2. The van der Waals surface area contributed by atoms with E-state index in [0.29, 0.717) is 16.8 Å². The highest BCUT2D eigenvalue weighted by Crippen LogP contribution is 2.30. The van der Waals surface area contributed by atoms with E-state index in [9.17, 15) is 26.4 Å². The number of hydrazine groups is 1. The summed E-state index contributed by atoms with van der Waals surface area (Å²) in [6.07, 6.45) is -4.69. The molecule has 0 spiro atoms. The Balaban J connectivity index is 1.76. The molecule has 1 amide bonds. The number of carbonyl (C=O) groups is 1. The third-order valence-electron chi connectivity index (χ3n) is 3.79. The van der Waals surface area contributed by atoms with Crippen LogP contribution < -0.4 is 10.3 Å². The highest BCUT2D eigenvalue weighted by molar-refractivity contribution is 7.89. The van der Waals surface area contributed by atoms with Gasteiger partial charge in [-0.15, -0.1) is 16.2 Å². The summed E-state index contributed by atoms with van der Waals surface area (Å²) in [5, 5.41) is 0.578. The number of aromatic nitrogens is 1. The van der Waals surface area contributed by atoms with Crippen LogP contribution in [0, 0.1) is 6.92 Å². The number of sulfonamides is 1. The lowest BCUT2D eigenvalue weighted by atomic mass is 10.2. The van der Waals surface area contributed by atoms with Crippen molar-refractivity contribution >= 4 is 27.3 Å². The van der Waals surface area contributed by atoms with Gasteiger partial charge in [0.1, 0.15) is 9.88 Å². The fraction of sp³-hybridized carbons (Fsp3) is 0.111. The number of benzene rings is 2. The molecule has 3 rings (SSSR count). The van der Waals surface area contributed by atoms with Crippen molar-refractivity contribution in [2.75, 3.05) is 0 Å². The second kappa shape index (κ2) is 7.93. The monoisotopic (exact) mass is 441 g/mol. The topological polar surface area (TPSA) is 88.2 Å². The molecule has 11 heteroatoms. The van der Waals surface area contributed by atoms with Crippen LogP contribution in [0.5, 0.6) is 0 Å². The Kier molecular flexibility index (Phi) is 5.73. The quantitative estimate of drug-likeness (QED) is 0.590. The van der Waals surface area contributed by atoms with Crippen LogP contribution in [0.1, 0.15) is 20.9 Å². The van der Waals surface area contributed by atoms with Crippen LogP contribution in [-0.2, 0) is 16.2 Å². The molecule has 0 aliphatic heterocycles. The minimum atomic E-state index is -4.69. The van der Waals surface area contributed by atoms with Crippen LogP contribution in [0.2, 0.25) is 0 Å². The van der Waals surface area contributed by atoms with Crippen molar-refractivity contribution in [1.82, 2.24) is 15.2 Å². The molecule has 0 radical (unpaired) electrons. The van der Waals surface area contributed by atoms with Crippen LogP contribution in [0.3, 0.4) is 0 Å². The van der Waals surface area contributed by atoms with E-state index in [2.05, 4.69) is 4.98 Å². The van der Waals surface area contributed by atoms with Crippen LogP contribution >= 0.6 is 11.3 Å². The average Bonchev–Trinajstić information content (AvgIpc) is 3.08. The molecule has 0 aliphatic carbocycles. The first kappa shape index (κ1) is 21.0. The van der Waals surface area contributed by atoms with Crippen molar-refractivity contribution in [1.29, 1.82) is 0 Å². The van der Waals surface area contributed by atoms with Crippen LogP contribution in [-0.4, -0.2) is 19.3 Å². The fourth-order valence-corrected chi connectivity index (χ4v) is 4.23. The van der Waals surface area contributed by atoms with E-state index >= 15 is 0 Å². The molecule has 0 fully saturated rings. The molecule has 0 saturated heterocycles. The molecular formula is C18H14F3N3O3S2. The average molecular weight is 441 g/mol. The molecule has 1 aromatic heterocycles. The summed E-state index contributed by atoms with van der Waals surface area (Å²) in [5.41, 5.74) is 2.09. The molecule has 0 bridgehead atoms. The lowest BCUT2D eigenvalue weighted by Gasteiger charge is -2.10. The second-order valence-electron chi connectivity index (χ2n) is 5.88. The molecule has 0 atom stereocenters. The number of alkyl halides is 3. The summed E-state index contributed by atoms with van der Waals surface area (Å²) in [4.78, 5) is 18.0. The number of rotatable bonds is 5. The Morgan fingerprint density at radius 2 is 1.76 bits per heavy atom. The maximum atomic E-state index is 12.8. The SMILES string of the molecule is Cc1nc(-c2ccccc2)sc1C(=O)NNS(=O)(=O)c1cccc(C(F)(F)F)c1. The van der Waals surface area contributed by atoms with Gasteiger partial charge in [0.15, 0.2) is 0 Å². The zero-order valence-corrected chi connectivity index (χ0v) is 16.5. The second-order valence-corrected chi connectivity index (χ2v) is 8.57. The molecule has 0 unspecified atom stereocenters. The number of thiazole rings is 1. The van der Waals surface area contributed by atoms with Crippen molar-refractivity contribution in [3.8, 4) is 10.6 Å². The predicted molar refractivity (Wildman–Crippen MR) is 102 cm³/mol. The van der Waals surface area contributed by atoms with E-state index in [0.717, 1.165) is 35.1 Å². The van der Waals surface area contributed by atoms with E-state index in [1.165, 1.54) is 0 Å². The first-order valence-corrected chi connectivity index (χ1v) is 10.4. The Morgan fingerprint density at radius 1 is 1.07 bits per heavy atom. The van der Waals surface area contributed by atoms with E-state index in [-0.39, 0.29) is 4.88 Å². The molecule has 6 nitrogen and oxygen atoms in total. The van der Waals surface area contributed by atoms with Gasteiger partial charge in [-0.05, 0) is 25.1 Å². The van der Waals surface area contributed by atoms with Crippen LogP contribution in [0.25, 0.3) is 10.6 Å². The summed E-state index contributed by atoms with van der Waals surface area (Å²) in [6.45, 7) is 1.60. The van der Waals surface area contributed by atoms with Gasteiger partial charge < -0.3 is 0 Å². The van der Waals surface area contributed by atoms with Gasteiger partial charge >= 0.3 is 6.18 Å². The zero-order chi connectivity index (χ0) is 21.2. The number of amides is 1. The normalized spacial score (nSPS) is 12.0. The number of aryl methyl sites for hydroxylation is 1. The molecule has 152 valence electrons. The van der Waals surface area contributed by atoms with Gasteiger partial charge in [-0.25, -0.2) is 13.4 Å². The molecule has 1 heterocycles. The molecule has 29 heavy (non-hydrogen) atoms. The van der Waals surface area contributed by atoms with E-state index in [1.807, 2.05) is 40.6 Å². The maximum absolute atomic E-state index is 12.8. The number of hydrogen-bond donors (Lipinski definition) is 2. The lowest BCUT2D eigenvalue weighted by Crippen LogP contribution is -2.41. The smallest absolute Gasteiger partial charge is 0.273 e. The Morgan fingerprint density at radius 3 is 2.41 bits per heavy atom. The van der Waals surface area contributed by atoms with Crippen LogP contribution in [0.4, 0.5) is 13.2 Å². The third-order valence-corrected chi connectivity index (χ3v) is 6.24. The highest BCUT2D eigenvalue weighted by Gasteiger charge is 2.31. The van der Waals surface area contributed by atoms with E-state index in [1.54, 1.807) is 6.92 Å². The van der Waals surface area contributed by atoms with Gasteiger partial charge in [-0.2, -0.15) is 13.2 Å². The molecule has 2 aromatic carbocycles. The number of nitrogens with zero attached hydrogens (tertiary/aromatic N) is 1. The zero-order valence-electron chi connectivity index (χ0n) is 14.8. The number of hydrogen-bond acceptors (Lipinski definition) is 5. The van der Waals surface area contributed by atoms with E-state index < -0.39 is 32.6 Å². The summed E-state index contributed by atoms with van der Waals surface area (Å²) in [7, 11) is -4.40. The Bertz CT molecular complexity index is 1140.